The van der Waals surface area contributed by atoms with E-state index in [-0.39, 0.29) is 22.9 Å². The van der Waals surface area contributed by atoms with Gasteiger partial charge in [-0.05, 0) is 12.1 Å². The second-order valence-corrected chi connectivity index (χ2v) is 5.85. The molecule has 0 aliphatic rings. The van der Waals surface area contributed by atoms with Crippen molar-refractivity contribution in [2.75, 3.05) is 4.90 Å². The molecule has 7 heteroatoms. The van der Waals surface area contributed by atoms with Crippen molar-refractivity contribution in [3.8, 4) is 11.5 Å². The number of carbonyl (C=O) groups excluding carboxylic acids is 2. The van der Waals surface area contributed by atoms with E-state index in [0.717, 1.165) is 0 Å². The Morgan fingerprint density at radius 3 is 1.96 bits per heavy atom. The number of aromatic hydroxyl groups is 2. The second kappa shape index (κ2) is 7.25. The first kappa shape index (κ1) is 18.1. The van der Waals surface area contributed by atoms with Crippen molar-refractivity contribution in [2.45, 2.75) is 13.8 Å². The lowest BCUT2D eigenvalue weighted by atomic mass is 10.0. The minimum atomic E-state index is -0.581. The summed E-state index contributed by atoms with van der Waals surface area (Å²) in [4.78, 5) is 24.9. The van der Waals surface area contributed by atoms with Crippen LogP contribution in [-0.4, -0.2) is 22.0 Å². The number of carbonyl (C=O) groups is 2. The molecule has 27 heavy (non-hydrogen) atoms. The maximum Gasteiger partial charge on any atom is 0.261 e. The molecule has 3 aromatic carbocycles. The molecular weight excluding hydrogens is 346 g/mol. The molecule has 3 rings (SSSR count). The molecule has 3 aromatic rings. The van der Waals surface area contributed by atoms with Gasteiger partial charge in [0, 0.05) is 30.3 Å². The third kappa shape index (κ3) is 3.35. The topological polar surface area (TPSA) is 103 Å². The predicted octanol–water partition coefficient (Wildman–Crippen LogP) is 4.57. The highest BCUT2D eigenvalue weighted by molar-refractivity contribution is 6.11. The lowest BCUT2D eigenvalue weighted by Crippen LogP contribution is -2.23. The Balaban J connectivity index is 2.42. The number of benzene rings is 3. The average molecular weight is 363 g/mol. The molecule has 136 valence electrons. The van der Waals surface area contributed by atoms with Gasteiger partial charge in [0.2, 0.25) is 5.91 Å². The van der Waals surface area contributed by atoms with Crippen LogP contribution < -0.4 is 4.90 Å². The van der Waals surface area contributed by atoms with Crippen LogP contribution in [0.3, 0.4) is 0 Å². The van der Waals surface area contributed by atoms with E-state index < -0.39 is 11.8 Å². The van der Waals surface area contributed by atoms with E-state index in [1.807, 2.05) is 0 Å². The van der Waals surface area contributed by atoms with Crippen molar-refractivity contribution in [1.82, 2.24) is 0 Å². The lowest BCUT2D eigenvalue weighted by molar-refractivity contribution is -0.116. The molecule has 0 saturated carbocycles. The van der Waals surface area contributed by atoms with Gasteiger partial charge in [0.05, 0.1) is 0 Å². The number of para-hydroxylation sites is 1. The number of amides is 2. The van der Waals surface area contributed by atoms with E-state index in [4.69, 9.17) is 0 Å². The Hall–Kier alpha value is -3.74. The smallest absolute Gasteiger partial charge is 0.261 e. The molecule has 0 saturated heterocycles. The summed E-state index contributed by atoms with van der Waals surface area (Å²) in [6.07, 6.45) is 0. The van der Waals surface area contributed by atoms with Crippen LogP contribution in [0.15, 0.2) is 64.8 Å². The highest BCUT2D eigenvalue weighted by atomic mass is 16.3. The van der Waals surface area contributed by atoms with Gasteiger partial charge in [-0.15, -0.1) is 10.2 Å². The Morgan fingerprint density at radius 2 is 1.41 bits per heavy atom. The van der Waals surface area contributed by atoms with Gasteiger partial charge in [-0.1, -0.05) is 42.5 Å². The van der Waals surface area contributed by atoms with Crippen molar-refractivity contribution in [1.29, 1.82) is 0 Å². The van der Waals surface area contributed by atoms with Crippen LogP contribution in [0.25, 0.3) is 10.8 Å². The Labute approximate surface area is 155 Å². The fraction of sp³-hybridized carbons (Fsp3) is 0.100. The van der Waals surface area contributed by atoms with E-state index in [9.17, 15) is 19.8 Å². The minimum absolute atomic E-state index is 0.0464. The van der Waals surface area contributed by atoms with Crippen molar-refractivity contribution < 1.29 is 19.8 Å². The number of hydrogen-bond donors (Lipinski definition) is 2. The number of nitrogens with zero attached hydrogens (tertiary/aromatic N) is 3. The molecule has 7 nitrogen and oxygen atoms in total. The van der Waals surface area contributed by atoms with Crippen LogP contribution in [0.1, 0.15) is 13.8 Å². The Kier molecular flexibility index (Phi) is 4.85. The predicted molar refractivity (Wildman–Crippen MR) is 102 cm³/mol. The van der Waals surface area contributed by atoms with E-state index in [1.165, 1.54) is 18.7 Å². The summed E-state index contributed by atoms with van der Waals surface area (Å²) in [6.45, 7) is 2.53. The van der Waals surface area contributed by atoms with Gasteiger partial charge in [-0.2, -0.15) is 0 Å². The summed E-state index contributed by atoms with van der Waals surface area (Å²) in [6, 6.07) is 15.2. The van der Waals surface area contributed by atoms with E-state index in [1.54, 1.807) is 54.6 Å². The van der Waals surface area contributed by atoms with Crippen LogP contribution in [0, 0.1) is 0 Å². The van der Waals surface area contributed by atoms with Gasteiger partial charge in [0.15, 0.2) is 11.4 Å². The number of hydrogen-bond acceptors (Lipinski definition) is 5. The quantitative estimate of drug-likeness (QED) is 0.526. The minimum Gasteiger partial charge on any atom is -0.505 e. The van der Waals surface area contributed by atoms with Gasteiger partial charge in [-0.3, -0.25) is 14.5 Å². The SMILES string of the molecule is CC(=O)N=Nc1c(N(C(C)=O)c2ccccc2)c(O)c2ccccc2c1O. The molecule has 0 aliphatic carbocycles. The number of phenolic OH excluding ortho intramolecular Hbond substituents is 2. The third-order valence-corrected chi connectivity index (χ3v) is 3.95. The zero-order chi connectivity index (χ0) is 19.6. The maximum absolute atomic E-state index is 12.4. The average Bonchev–Trinajstić information content (AvgIpc) is 2.66. The monoisotopic (exact) mass is 363 g/mol. The van der Waals surface area contributed by atoms with E-state index in [0.29, 0.717) is 16.5 Å². The number of anilines is 2. The molecule has 0 bridgehead atoms. The van der Waals surface area contributed by atoms with Gasteiger partial charge in [0.25, 0.3) is 5.91 Å². The highest BCUT2D eigenvalue weighted by Gasteiger charge is 2.27. The molecule has 0 unspecified atom stereocenters. The first-order chi connectivity index (χ1) is 12.9. The highest BCUT2D eigenvalue weighted by Crippen LogP contribution is 2.51. The van der Waals surface area contributed by atoms with Gasteiger partial charge in [-0.25, -0.2) is 0 Å². The zero-order valence-corrected chi connectivity index (χ0v) is 14.7. The van der Waals surface area contributed by atoms with Crippen molar-refractivity contribution in [3.63, 3.8) is 0 Å². The zero-order valence-electron chi connectivity index (χ0n) is 14.7. The summed E-state index contributed by atoms with van der Waals surface area (Å²) < 4.78 is 0. The number of phenols is 2. The fourth-order valence-corrected chi connectivity index (χ4v) is 2.85. The number of fused-ring (bicyclic) bond motifs is 1. The fourth-order valence-electron chi connectivity index (χ4n) is 2.85. The first-order valence-electron chi connectivity index (χ1n) is 8.16. The molecule has 0 radical (unpaired) electrons. The number of azo groups is 1. The van der Waals surface area contributed by atoms with Crippen LogP contribution in [-0.2, 0) is 9.59 Å². The first-order valence-corrected chi connectivity index (χ1v) is 8.16. The van der Waals surface area contributed by atoms with Crippen LogP contribution in [0.2, 0.25) is 0 Å². The van der Waals surface area contributed by atoms with Crippen LogP contribution in [0.4, 0.5) is 17.1 Å². The third-order valence-electron chi connectivity index (χ3n) is 3.95. The molecule has 0 fully saturated rings. The van der Waals surface area contributed by atoms with E-state index >= 15 is 0 Å². The lowest BCUT2D eigenvalue weighted by Gasteiger charge is -2.25. The molecule has 2 N–H and O–H groups in total. The van der Waals surface area contributed by atoms with Gasteiger partial charge < -0.3 is 10.2 Å². The maximum atomic E-state index is 12.4. The van der Waals surface area contributed by atoms with Crippen molar-refractivity contribution >= 4 is 39.6 Å². The molecule has 0 aromatic heterocycles. The second-order valence-electron chi connectivity index (χ2n) is 5.85. The molecule has 2 amide bonds. The molecular formula is C20H17N3O4. The largest absolute Gasteiger partial charge is 0.505 e. The molecule has 0 heterocycles. The van der Waals surface area contributed by atoms with Crippen LogP contribution >= 0.6 is 0 Å². The van der Waals surface area contributed by atoms with Crippen molar-refractivity contribution in [2.24, 2.45) is 10.2 Å². The van der Waals surface area contributed by atoms with E-state index in [2.05, 4.69) is 10.2 Å². The Bertz CT molecular complexity index is 1060. The Morgan fingerprint density at radius 1 is 0.852 bits per heavy atom. The van der Waals surface area contributed by atoms with Gasteiger partial charge >= 0.3 is 0 Å². The number of rotatable bonds is 3. The van der Waals surface area contributed by atoms with Gasteiger partial charge in [0.1, 0.15) is 11.4 Å². The van der Waals surface area contributed by atoms with Crippen LogP contribution in [0.5, 0.6) is 11.5 Å². The van der Waals surface area contributed by atoms with Crippen molar-refractivity contribution in [3.05, 3.63) is 54.6 Å². The summed E-state index contributed by atoms with van der Waals surface area (Å²) >= 11 is 0. The summed E-state index contributed by atoms with van der Waals surface area (Å²) in [5, 5.41) is 29.6. The summed E-state index contributed by atoms with van der Waals surface area (Å²) in [7, 11) is 0. The molecule has 0 aliphatic heterocycles. The summed E-state index contributed by atoms with van der Waals surface area (Å²) in [5.41, 5.74) is 0.254. The summed E-state index contributed by atoms with van der Waals surface area (Å²) in [5.74, 6) is -1.53. The molecule has 0 spiro atoms. The standard InChI is InChI=1S/C20H17N3O4/c1-12(24)21-22-17-18(23(13(2)25)14-8-4-3-5-9-14)20(27)16-11-7-6-10-15(16)19(17)26/h3-11,26-27H,1-2H3. The molecule has 0 atom stereocenters. The normalized spacial score (nSPS) is 11.0.